The van der Waals surface area contributed by atoms with E-state index < -0.39 is 15.5 Å². The molecule has 2 N–H and O–H groups in total. The van der Waals surface area contributed by atoms with Crippen LogP contribution in [-0.4, -0.2) is 30.1 Å². The van der Waals surface area contributed by atoms with Crippen molar-refractivity contribution in [1.29, 1.82) is 0 Å². The van der Waals surface area contributed by atoms with Crippen LogP contribution in [0.5, 0.6) is 0 Å². The lowest BCUT2D eigenvalue weighted by Crippen LogP contribution is -2.49. The molecule has 0 saturated heterocycles. The summed E-state index contributed by atoms with van der Waals surface area (Å²) in [5, 5.41) is 10.2. The number of pyridine rings is 1. The van der Waals surface area contributed by atoms with E-state index in [2.05, 4.69) is 31.0 Å². The van der Waals surface area contributed by atoms with Crippen molar-refractivity contribution in [3.05, 3.63) is 41.7 Å². The van der Waals surface area contributed by atoms with Crippen LogP contribution >= 0.6 is 0 Å². The Morgan fingerprint density at radius 3 is 2.53 bits per heavy atom. The Labute approximate surface area is 198 Å². The number of rotatable bonds is 3. The lowest BCUT2D eigenvalue weighted by Gasteiger charge is -2.57. The second kappa shape index (κ2) is 7.82. The maximum absolute atomic E-state index is 12.8. The smallest absolute Gasteiger partial charge is 0.393 e. The van der Waals surface area contributed by atoms with Gasteiger partial charge >= 0.3 is 15.5 Å². The van der Waals surface area contributed by atoms with Gasteiger partial charge in [0.15, 0.2) is 0 Å². The number of anilines is 1. The first-order valence-corrected chi connectivity index (χ1v) is 13.5. The van der Waals surface area contributed by atoms with Crippen LogP contribution < -0.4 is 4.72 Å². The molecule has 0 radical (unpaired) electrons. The molecule has 6 atom stereocenters. The van der Waals surface area contributed by atoms with Crippen molar-refractivity contribution in [3.63, 3.8) is 0 Å². The highest BCUT2D eigenvalue weighted by molar-refractivity contribution is 7.93. The van der Waals surface area contributed by atoms with Crippen LogP contribution in [0.3, 0.4) is 0 Å². The highest BCUT2D eigenvalue weighted by Gasteiger charge is 2.56. The molecule has 5 rings (SSSR count). The molecule has 9 heteroatoms. The standard InChI is InChI=1S/C25H31F3N2O3S/c1-23-9-7-18(31)12-16(23)3-4-19-21-6-5-20(24(21,2)10-8-22(19)23)15-11-17(14-29-13-15)30-34(32,33)25(26,27)28/h3,5,11,13-14,18-19,21-22,30-31H,4,6-10,12H2,1-2H3/t18-,19?,21?,22?,23-,24+/m0/s1. The third-order valence-electron chi connectivity index (χ3n) is 9.26. The number of aliphatic hydroxyl groups is 1. The fraction of sp³-hybridized carbons (Fsp3) is 0.640. The Balaban J connectivity index is 1.41. The van der Waals surface area contributed by atoms with Crippen molar-refractivity contribution in [1.82, 2.24) is 4.98 Å². The van der Waals surface area contributed by atoms with Gasteiger partial charge in [0.1, 0.15) is 0 Å². The van der Waals surface area contributed by atoms with E-state index in [9.17, 15) is 26.7 Å². The summed E-state index contributed by atoms with van der Waals surface area (Å²) in [7, 11) is -5.50. The van der Waals surface area contributed by atoms with E-state index in [4.69, 9.17) is 0 Å². The van der Waals surface area contributed by atoms with Gasteiger partial charge in [-0.05, 0) is 90.7 Å². The minimum absolute atomic E-state index is 0.129. The maximum Gasteiger partial charge on any atom is 0.516 e. The molecular formula is C25H31F3N2O3S. The second-order valence-electron chi connectivity index (χ2n) is 11.0. The van der Waals surface area contributed by atoms with Crippen LogP contribution in [0.15, 0.2) is 36.2 Å². The number of aliphatic hydroxyl groups excluding tert-OH is 1. The zero-order valence-electron chi connectivity index (χ0n) is 19.4. The first-order valence-electron chi connectivity index (χ1n) is 12.0. The van der Waals surface area contributed by atoms with Crippen LogP contribution in [0.4, 0.5) is 18.9 Å². The van der Waals surface area contributed by atoms with E-state index in [1.165, 1.54) is 11.6 Å². The number of hydrogen-bond donors (Lipinski definition) is 2. The summed E-state index contributed by atoms with van der Waals surface area (Å²) in [6.45, 7) is 4.61. The minimum atomic E-state index is -5.50. The van der Waals surface area contributed by atoms with Gasteiger partial charge in [0.25, 0.3) is 0 Å². The van der Waals surface area contributed by atoms with Crippen molar-refractivity contribution in [2.24, 2.45) is 28.6 Å². The molecule has 5 nitrogen and oxygen atoms in total. The predicted octanol–water partition coefficient (Wildman–Crippen LogP) is 5.66. The third-order valence-corrected chi connectivity index (χ3v) is 10.4. The molecule has 0 spiro atoms. The zero-order chi connectivity index (χ0) is 24.5. The van der Waals surface area contributed by atoms with Gasteiger partial charge in [-0.25, -0.2) is 0 Å². The number of nitrogens with one attached hydrogen (secondary N) is 1. The van der Waals surface area contributed by atoms with Gasteiger partial charge in [0, 0.05) is 6.20 Å². The number of halogens is 3. The Morgan fingerprint density at radius 1 is 1.06 bits per heavy atom. The predicted molar refractivity (Wildman–Crippen MR) is 124 cm³/mol. The quantitative estimate of drug-likeness (QED) is 0.529. The van der Waals surface area contributed by atoms with Crippen molar-refractivity contribution in [2.45, 2.75) is 70.4 Å². The fourth-order valence-electron chi connectivity index (χ4n) is 7.51. The molecule has 1 heterocycles. The highest BCUT2D eigenvalue weighted by Crippen LogP contribution is 2.66. The van der Waals surface area contributed by atoms with Crippen LogP contribution in [0.1, 0.15) is 64.4 Å². The van der Waals surface area contributed by atoms with Crippen LogP contribution in [0.2, 0.25) is 0 Å². The third kappa shape index (κ3) is 3.61. The zero-order valence-corrected chi connectivity index (χ0v) is 20.2. The molecule has 4 aliphatic carbocycles. The van der Waals surface area contributed by atoms with Gasteiger partial charge in [-0.2, -0.15) is 21.6 Å². The average Bonchev–Trinajstić information content (AvgIpc) is 3.10. The summed E-state index contributed by atoms with van der Waals surface area (Å²) in [5.74, 6) is 1.49. The van der Waals surface area contributed by atoms with E-state index in [0.29, 0.717) is 23.3 Å². The van der Waals surface area contributed by atoms with Gasteiger partial charge < -0.3 is 5.11 Å². The molecule has 1 aromatic rings. The van der Waals surface area contributed by atoms with Crippen molar-refractivity contribution >= 4 is 21.3 Å². The number of alkyl halides is 3. The van der Waals surface area contributed by atoms with E-state index in [0.717, 1.165) is 56.7 Å². The molecule has 0 aromatic carbocycles. The Bertz CT molecular complexity index is 1160. The number of nitrogens with zero attached hydrogens (tertiary/aromatic N) is 1. The van der Waals surface area contributed by atoms with E-state index in [1.54, 1.807) is 10.9 Å². The summed E-state index contributed by atoms with van der Waals surface area (Å²) in [4.78, 5) is 4.05. The molecule has 34 heavy (non-hydrogen) atoms. The van der Waals surface area contributed by atoms with Crippen molar-refractivity contribution in [3.8, 4) is 0 Å². The topological polar surface area (TPSA) is 79.3 Å². The molecule has 0 bridgehead atoms. The number of aromatic nitrogens is 1. The van der Waals surface area contributed by atoms with Gasteiger partial charge in [-0.3, -0.25) is 9.71 Å². The summed E-state index contributed by atoms with van der Waals surface area (Å²) in [6.07, 6.45) is 13.6. The van der Waals surface area contributed by atoms with E-state index >= 15 is 0 Å². The summed E-state index contributed by atoms with van der Waals surface area (Å²) in [6, 6.07) is 1.46. The molecule has 0 amide bonds. The second-order valence-corrected chi connectivity index (χ2v) is 12.7. The van der Waals surface area contributed by atoms with E-state index in [1.807, 2.05) is 0 Å². The molecule has 2 saturated carbocycles. The normalized spacial score (nSPS) is 37.7. The Hall–Kier alpha value is -1.87. The highest BCUT2D eigenvalue weighted by atomic mass is 32.2. The van der Waals surface area contributed by atoms with Gasteiger partial charge in [-0.15, -0.1) is 0 Å². The molecule has 0 aliphatic heterocycles. The van der Waals surface area contributed by atoms with Gasteiger partial charge in [0.05, 0.1) is 18.0 Å². The van der Waals surface area contributed by atoms with Crippen LogP contribution in [-0.2, 0) is 10.0 Å². The monoisotopic (exact) mass is 496 g/mol. The summed E-state index contributed by atoms with van der Waals surface area (Å²) >= 11 is 0. The van der Waals surface area contributed by atoms with E-state index in [-0.39, 0.29) is 22.6 Å². The Morgan fingerprint density at radius 2 is 1.79 bits per heavy atom. The lowest BCUT2D eigenvalue weighted by atomic mass is 9.47. The van der Waals surface area contributed by atoms with Gasteiger partial charge in [0.2, 0.25) is 0 Å². The molecular weight excluding hydrogens is 465 g/mol. The first-order chi connectivity index (χ1) is 15.8. The SMILES string of the molecule is C[C@]12CC[C@H](O)CC1=CCC1C2CC[C@]2(C)C(c3cncc(NS(=O)(=O)C(F)(F)F)c3)=CCC12. The number of allylic oxidation sites excluding steroid dienone is 3. The van der Waals surface area contributed by atoms with Crippen LogP contribution in [0, 0.1) is 28.6 Å². The summed E-state index contributed by atoms with van der Waals surface area (Å²) < 4.78 is 63.2. The van der Waals surface area contributed by atoms with Gasteiger partial charge in [-0.1, -0.05) is 31.6 Å². The average molecular weight is 497 g/mol. The summed E-state index contributed by atoms with van der Waals surface area (Å²) in [5.41, 5.74) is -2.44. The molecule has 3 unspecified atom stereocenters. The maximum atomic E-state index is 12.8. The lowest BCUT2D eigenvalue weighted by molar-refractivity contribution is -0.0429. The molecule has 1 aromatic heterocycles. The molecule has 186 valence electrons. The Kier molecular flexibility index (Phi) is 5.48. The van der Waals surface area contributed by atoms with Crippen molar-refractivity contribution in [2.75, 3.05) is 4.72 Å². The van der Waals surface area contributed by atoms with Crippen LogP contribution in [0.25, 0.3) is 5.57 Å². The molecule has 2 fully saturated rings. The first kappa shape index (κ1) is 23.9. The number of sulfonamides is 1. The minimum Gasteiger partial charge on any atom is -0.393 e. The largest absolute Gasteiger partial charge is 0.516 e. The molecule has 4 aliphatic rings. The number of hydrogen-bond acceptors (Lipinski definition) is 4. The van der Waals surface area contributed by atoms with Crippen molar-refractivity contribution < 1.29 is 26.7 Å². The fourth-order valence-corrected chi connectivity index (χ4v) is 8.05. The number of fused-ring (bicyclic) bond motifs is 5.